The lowest BCUT2D eigenvalue weighted by molar-refractivity contribution is 0.0588. The SMILES string of the molecule is CCCc1ccc(OCC(C)O)c2c(=O)cc(C(=O)OC)n(CC)c12. The highest BCUT2D eigenvalue weighted by Crippen LogP contribution is 2.28. The van der Waals surface area contributed by atoms with Crippen molar-refractivity contribution in [2.75, 3.05) is 13.7 Å². The number of ether oxygens (including phenoxy) is 2. The number of fused-ring (bicyclic) bond motifs is 1. The normalized spacial score (nSPS) is 12.2. The third kappa shape index (κ3) is 3.85. The minimum atomic E-state index is -0.645. The summed E-state index contributed by atoms with van der Waals surface area (Å²) in [5.74, 6) is -0.127. The number of carbonyl (C=O) groups is 1. The molecule has 0 saturated heterocycles. The fourth-order valence-corrected chi connectivity index (χ4v) is 2.96. The molecule has 0 radical (unpaired) electrons. The molecule has 1 atom stereocenters. The molecule has 1 N–H and O–H groups in total. The molecule has 1 unspecified atom stereocenters. The molecular weight excluding hydrogens is 322 g/mol. The first-order chi connectivity index (χ1) is 11.9. The topological polar surface area (TPSA) is 77.8 Å². The highest BCUT2D eigenvalue weighted by molar-refractivity contribution is 5.95. The number of aryl methyl sites for hydroxylation is 2. The van der Waals surface area contributed by atoms with E-state index in [0.717, 1.165) is 18.4 Å². The summed E-state index contributed by atoms with van der Waals surface area (Å²) in [5.41, 5.74) is 1.61. The molecule has 0 bridgehead atoms. The maximum Gasteiger partial charge on any atom is 0.354 e. The molecule has 0 aliphatic carbocycles. The summed E-state index contributed by atoms with van der Waals surface area (Å²) >= 11 is 0. The van der Waals surface area contributed by atoms with E-state index in [9.17, 15) is 14.7 Å². The van der Waals surface area contributed by atoms with Gasteiger partial charge < -0.3 is 19.1 Å². The average Bonchev–Trinajstić information content (AvgIpc) is 2.60. The van der Waals surface area contributed by atoms with Crippen molar-refractivity contribution in [1.29, 1.82) is 0 Å². The van der Waals surface area contributed by atoms with Crippen LogP contribution in [0.1, 0.15) is 43.2 Å². The number of hydrogen-bond donors (Lipinski definition) is 1. The Hall–Kier alpha value is -2.34. The predicted molar refractivity (Wildman–Crippen MR) is 96.4 cm³/mol. The standard InChI is InChI=1S/C19H25NO5/c1-5-7-13-8-9-16(25-11-12(3)21)17-15(22)10-14(19(23)24-4)20(6-2)18(13)17/h8-10,12,21H,5-7,11H2,1-4H3. The number of aliphatic hydroxyl groups is 1. The minimum absolute atomic E-state index is 0.0898. The Morgan fingerprint density at radius 1 is 1.32 bits per heavy atom. The molecule has 25 heavy (non-hydrogen) atoms. The van der Waals surface area contributed by atoms with Gasteiger partial charge >= 0.3 is 5.97 Å². The van der Waals surface area contributed by atoms with Crippen LogP contribution in [-0.2, 0) is 17.7 Å². The molecule has 0 amide bonds. The molecule has 6 nitrogen and oxygen atoms in total. The van der Waals surface area contributed by atoms with Gasteiger partial charge in [-0.05, 0) is 31.9 Å². The van der Waals surface area contributed by atoms with E-state index in [1.807, 2.05) is 13.0 Å². The third-order valence-corrected chi connectivity index (χ3v) is 4.01. The second-order valence-corrected chi connectivity index (χ2v) is 5.99. The fraction of sp³-hybridized carbons (Fsp3) is 0.474. The summed E-state index contributed by atoms with van der Waals surface area (Å²) in [6.07, 6.45) is 1.04. The number of aliphatic hydroxyl groups excluding tert-OH is 1. The number of hydrogen-bond acceptors (Lipinski definition) is 5. The van der Waals surface area contributed by atoms with Crippen molar-refractivity contribution >= 4 is 16.9 Å². The molecule has 6 heteroatoms. The van der Waals surface area contributed by atoms with Crippen LogP contribution in [0.25, 0.3) is 10.9 Å². The lowest BCUT2D eigenvalue weighted by Crippen LogP contribution is -2.21. The zero-order valence-electron chi connectivity index (χ0n) is 15.2. The number of benzene rings is 1. The Kier molecular flexibility index (Phi) is 6.20. The Morgan fingerprint density at radius 2 is 2.04 bits per heavy atom. The van der Waals surface area contributed by atoms with Crippen molar-refractivity contribution in [2.45, 2.75) is 46.3 Å². The summed E-state index contributed by atoms with van der Waals surface area (Å²) in [7, 11) is 1.30. The largest absolute Gasteiger partial charge is 0.490 e. The lowest BCUT2D eigenvalue weighted by Gasteiger charge is -2.19. The molecule has 1 aromatic carbocycles. The van der Waals surface area contributed by atoms with Gasteiger partial charge in [0.1, 0.15) is 18.1 Å². The van der Waals surface area contributed by atoms with E-state index in [1.54, 1.807) is 17.6 Å². The zero-order valence-corrected chi connectivity index (χ0v) is 15.2. The van der Waals surface area contributed by atoms with Gasteiger partial charge in [-0.2, -0.15) is 0 Å². The number of aromatic nitrogens is 1. The molecule has 0 aliphatic rings. The maximum absolute atomic E-state index is 12.7. The van der Waals surface area contributed by atoms with Crippen molar-refractivity contribution in [1.82, 2.24) is 4.57 Å². The molecule has 0 aliphatic heterocycles. The second kappa shape index (κ2) is 8.16. The minimum Gasteiger partial charge on any atom is -0.490 e. The highest BCUT2D eigenvalue weighted by Gasteiger charge is 2.20. The number of rotatable bonds is 7. The average molecular weight is 347 g/mol. The van der Waals surface area contributed by atoms with Gasteiger partial charge in [0, 0.05) is 12.6 Å². The van der Waals surface area contributed by atoms with Gasteiger partial charge in [-0.1, -0.05) is 19.4 Å². The number of carbonyl (C=O) groups excluding carboxylic acids is 1. The van der Waals surface area contributed by atoms with Crippen LogP contribution in [0.5, 0.6) is 5.75 Å². The first-order valence-electron chi connectivity index (χ1n) is 8.53. The molecule has 2 rings (SSSR count). The van der Waals surface area contributed by atoms with Gasteiger partial charge in [-0.15, -0.1) is 0 Å². The molecule has 2 aromatic rings. The first kappa shape index (κ1) is 19.0. The third-order valence-electron chi connectivity index (χ3n) is 4.01. The second-order valence-electron chi connectivity index (χ2n) is 5.99. The Labute approximate surface area is 147 Å². The van der Waals surface area contributed by atoms with E-state index >= 15 is 0 Å². The van der Waals surface area contributed by atoms with Crippen LogP contribution in [-0.4, -0.2) is 35.5 Å². The van der Waals surface area contributed by atoms with E-state index in [2.05, 4.69) is 6.92 Å². The van der Waals surface area contributed by atoms with E-state index in [0.29, 0.717) is 23.2 Å². The van der Waals surface area contributed by atoms with Crippen LogP contribution < -0.4 is 10.2 Å². The first-order valence-corrected chi connectivity index (χ1v) is 8.53. The molecule has 1 heterocycles. The molecule has 1 aromatic heterocycles. The molecule has 0 saturated carbocycles. The Bertz CT molecular complexity index is 823. The van der Waals surface area contributed by atoms with E-state index in [-0.39, 0.29) is 17.7 Å². The fourth-order valence-electron chi connectivity index (χ4n) is 2.96. The Morgan fingerprint density at radius 3 is 2.60 bits per heavy atom. The van der Waals surface area contributed by atoms with Crippen LogP contribution in [0, 0.1) is 0 Å². The maximum atomic E-state index is 12.7. The summed E-state index contributed by atoms with van der Waals surface area (Å²) in [6, 6.07) is 4.97. The van der Waals surface area contributed by atoms with Crippen molar-refractivity contribution in [3.63, 3.8) is 0 Å². The monoisotopic (exact) mass is 347 g/mol. The van der Waals surface area contributed by atoms with E-state index in [1.165, 1.54) is 13.2 Å². The van der Waals surface area contributed by atoms with Gasteiger partial charge in [0.2, 0.25) is 0 Å². The zero-order chi connectivity index (χ0) is 18.6. The summed E-state index contributed by atoms with van der Waals surface area (Å²) in [4.78, 5) is 24.9. The predicted octanol–water partition coefficient (Wildman–Crippen LogP) is 2.52. The van der Waals surface area contributed by atoms with Crippen molar-refractivity contribution in [3.05, 3.63) is 39.7 Å². The van der Waals surface area contributed by atoms with E-state index < -0.39 is 12.1 Å². The van der Waals surface area contributed by atoms with E-state index in [4.69, 9.17) is 9.47 Å². The molecular formula is C19H25NO5. The summed E-state index contributed by atoms with van der Waals surface area (Å²) in [6.45, 7) is 6.19. The van der Waals surface area contributed by atoms with Crippen LogP contribution >= 0.6 is 0 Å². The number of esters is 1. The van der Waals surface area contributed by atoms with Gasteiger partial charge in [-0.25, -0.2) is 4.79 Å². The lowest BCUT2D eigenvalue weighted by atomic mass is 10.0. The smallest absolute Gasteiger partial charge is 0.354 e. The summed E-state index contributed by atoms with van der Waals surface area (Å²) < 4.78 is 12.3. The number of pyridine rings is 1. The molecule has 0 fully saturated rings. The molecule has 136 valence electrons. The van der Waals surface area contributed by atoms with Crippen molar-refractivity contribution < 1.29 is 19.4 Å². The van der Waals surface area contributed by atoms with Crippen LogP contribution in [0.15, 0.2) is 23.0 Å². The van der Waals surface area contributed by atoms with Crippen molar-refractivity contribution in [3.8, 4) is 5.75 Å². The number of nitrogens with zero attached hydrogens (tertiary/aromatic N) is 1. The van der Waals surface area contributed by atoms with Gasteiger partial charge in [0.15, 0.2) is 5.43 Å². The highest BCUT2D eigenvalue weighted by atomic mass is 16.5. The van der Waals surface area contributed by atoms with Gasteiger partial charge in [-0.3, -0.25) is 4.79 Å². The Balaban J connectivity index is 2.83. The van der Waals surface area contributed by atoms with Crippen molar-refractivity contribution in [2.24, 2.45) is 0 Å². The van der Waals surface area contributed by atoms with Crippen LogP contribution in [0.3, 0.4) is 0 Å². The molecule has 0 spiro atoms. The van der Waals surface area contributed by atoms with Crippen LogP contribution in [0.2, 0.25) is 0 Å². The quantitative estimate of drug-likeness (QED) is 0.779. The van der Waals surface area contributed by atoms with Gasteiger partial charge in [0.25, 0.3) is 0 Å². The van der Waals surface area contributed by atoms with Gasteiger partial charge in [0.05, 0.1) is 24.1 Å². The van der Waals surface area contributed by atoms with Crippen LogP contribution in [0.4, 0.5) is 0 Å². The number of methoxy groups -OCH3 is 1. The summed E-state index contributed by atoms with van der Waals surface area (Å²) in [5, 5.41) is 9.91.